The Labute approximate surface area is 245 Å². The number of benzene rings is 1. The molecule has 0 bridgehead atoms. The van der Waals surface area contributed by atoms with Crippen LogP contribution in [0.4, 0.5) is 0 Å². The normalized spacial score (nSPS) is 21.1. The van der Waals surface area contributed by atoms with Gasteiger partial charge in [0.15, 0.2) is 27.8 Å². The lowest BCUT2D eigenvalue weighted by Gasteiger charge is -2.40. The smallest absolute Gasteiger partial charge is 0.278 e. The molecule has 3 heterocycles. The molecule has 1 aromatic carbocycles. The maximum Gasteiger partial charge on any atom is 0.278 e. The minimum atomic E-state index is -4.11. The Morgan fingerprint density at radius 3 is 2.22 bits per heavy atom. The van der Waals surface area contributed by atoms with Gasteiger partial charge in [-0.1, -0.05) is 59.7 Å². The fourth-order valence-electron chi connectivity index (χ4n) is 4.25. The first-order chi connectivity index (χ1) is 18.8. The Balaban J connectivity index is 1.81. The summed E-state index contributed by atoms with van der Waals surface area (Å²) in [5, 5.41) is -0.331. The highest BCUT2D eigenvalue weighted by molar-refractivity contribution is 7.91. The van der Waals surface area contributed by atoms with E-state index in [-0.39, 0.29) is 37.4 Å². The number of imidazole rings is 1. The summed E-state index contributed by atoms with van der Waals surface area (Å²) < 4.78 is 49.2. The highest BCUT2D eigenvalue weighted by Crippen LogP contribution is 2.43. The summed E-state index contributed by atoms with van der Waals surface area (Å²) in [5.41, 5.74) is -0.443. The third-order valence-corrected chi connectivity index (χ3v) is 19.5. The summed E-state index contributed by atoms with van der Waals surface area (Å²) >= 11 is 0. The minimum Gasteiger partial charge on any atom is -0.414 e. The van der Waals surface area contributed by atoms with Crippen LogP contribution in [0, 0.1) is 0 Å². The van der Waals surface area contributed by atoms with Crippen LogP contribution < -0.4 is 5.56 Å². The van der Waals surface area contributed by atoms with E-state index in [2.05, 4.69) is 82.7 Å². The number of fused-ring (bicyclic) bond motifs is 1. The van der Waals surface area contributed by atoms with Gasteiger partial charge in [0.1, 0.15) is 12.3 Å². The van der Waals surface area contributed by atoms with Gasteiger partial charge in [0.2, 0.25) is 15.0 Å². The van der Waals surface area contributed by atoms with Crippen LogP contribution in [0.15, 0.2) is 51.5 Å². The highest BCUT2D eigenvalue weighted by Gasteiger charge is 2.48. The molecule has 1 aliphatic rings. The quantitative estimate of drug-likeness (QED) is 0.320. The van der Waals surface area contributed by atoms with E-state index in [1.807, 2.05) is 0 Å². The van der Waals surface area contributed by atoms with Crippen molar-refractivity contribution in [3.63, 3.8) is 0 Å². The zero-order valence-corrected chi connectivity index (χ0v) is 28.6. The number of aromatic amines is 1. The average Bonchev–Trinajstić information content (AvgIpc) is 3.44. The van der Waals surface area contributed by atoms with Crippen molar-refractivity contribution in [2.45, 2.75) is 113 Å². The number of ether oxygens (including phenoxy) is 1. The fraction of sp³-hybridized carbons (Fsp3) is 0.607. The van der Waals surface area contributed by atoms with E-state index in [9.17, 15) is 13.2 Å². The molecule has 2 aromatic heterocycles. The number of hydrogen-bond acceptors (Lipinski definition) is 8. The number of H-pyrrole nitrogens is 1. The first kappa shape index (κ1) is 31.8. The van der Waals surface area contributed by atoms with Gasteiger partial charge in [-0.3, -0.25) is 9.36 Å². The molecule has 0 saturated carbocycles. The second-order valence-electron chi connectivity index (χ2n) is 13.8. The lowest BCUT2D eigenvalue weighted by atomic mass is 10.2. The maximum absolute atomic E-state index is 13.9. The molecule has 3 aromatic rings. The molecular formula is C28H44N4O6SSi2. The Kier molecular flexibility index (Phi) is 8.39. The number of hydrogen-bond donors (Lipinski definition) is 1. The van der Waals surface area contributed by atoms with E-state index in [1.165, 1.54) is 23.0 Å². The molecule has 1 N–H and O–H groups in total. The lowest BCUT2D eigenvalue weighted by Crippen LogP contribution is -2.48. The van der Waals surface area contributed by atoms with Gasteiger partial charge in [0.05, 0.1) is 23.9 Å². The summed E-state index contributed by atoms with van der Waals surface area (Å²) in [6.07, 6.45) is 0.0196. The van der Waals surface area contributed by atoms with E-state index in [0.29, 0.717) is 13.0 Å². The molecule has 1 aliphatic heterocycles. The summed E-state index contributed by atoms with van der Waals surface area (Å²) in [5.74, 6) is 0. The van der Waals surface area contributed by atoms with Gasteiger partial charge in [-0.2, -0.15) is 0 Å². The second kappa shape index (κ2) is 10.8. The molecular weight excluding hydrogens is 577 g/mol. The van der Waals surface area contributed by atoms with Crippen molar-refractivity contribution in [2.75, 3.05) is 6.61 Å². The summed E-state index contributed by atoms with van der Waals surface area (Å²) in [6, 6.07) is 8.05. The SMILES string of the molecule is CC(C)(C)[Si](C)(C)OC[C@H]1O[C@@H](n2c(S(=O)(=O)c3ccccc3)nc3c(=O)[nH]cnc32)C[C@@H]1O[Si](C)(C)C(C)(C)C. The molecule has 226 valence electrons. The molecule has 13 heteroatoms. The third kappa shape index (κ3) is 6.16. The molecule has 1 fully saturated rings. The van der Waals surface area contributed by atoms with Crippen LogP contribution in [0.2, 0.25) is 36.3 Å². The van der Waals surface area contributed by atoms with Gasteiger partial charge in [0.25, 0.3) is 5.56 Å². The van der Waals surface area contributed by atoms with Crippen molar-refractivity contribution >= 4 is 37.6 Å². The van der Waals surface area contributed by atoms with Crippen LogP contribution in [0.5, 0.6) is 0 Å². The molecule has 41 heavy (non-hydrogen) atoms. The molecule has 0 unspecified atom stereocenters. The van der Waals surface area contributed by atoms with E-state index in [4.69, 9.17) is 13.6 Å². The minimum absolute atomic E-state index is 0.00319. The van der Waals surface area contributed by atoms with Crippen LogP contribution in [-0.2, 0) is 23.4 Å². The Bertz CT molecular complexity index is 1560. The van der Waals surface area contributed by atoms with Gasteiger partial charge >= 0.3 is 0 Å². The largest absolute Gasteiger partial charge is 0.414 e. The van der Waals surface area contributed by atoms with Crippen molar-refractivity contribution in [3.05, 3.63) is 47.0 Å². The topological polar surface area (TPSA) is 125 Å². The Hall–Kier alpha value is -2.17. The number of nitrogens with one attached hydrogen (secondary N) is 1. The van der Waals surface area contributed by atoms with Gasteiger partial charge in [-0.15, -0.1) is 0 Å². The van der Waals surface area contributed by atoms with Crippen molar-refractivity contribution in [3.8, 4) is 0 Å². The lowest BCUT2D eigenvalue weighted by molar-refractivity contribution is -0.0412. The Morgan fingerprint density at radius 1 is 1.02 bits per heavy atom. The van der Waals surface area contributed by atoms with Crippen molar-refractivity contribution < 1.29 is 22.0 Å². The van der Waals surface area contributed by atoms with Crippen LogP contribution in [-0.4, -0.2) is 63.4 Å². The Morgan fingerprint density at radius 2 is 1.63 bits per heavy atom. The van der Waals surface area contributed by atoms with Crippen molar-refractivity contribution in [2.24, 2.45) is 0 Å². The maximum atomic E-state index is 13.9. The second-order valence-corrected chi connectivity index (χ2v) is 25.2. The van der Waals surface area contributed by atoms with Gasteiger partial charge in [0, 0.05) is 6.42 Å². The van der Waals surface area contributed by atoms with E-state index >= 15 is 0 Å². The fourth-order valence-corrected chi connectivity index (χ4v) is 8.02. The average molecular weight is 621 g/mol. The van der Waals surface area contributed by atoms with Gasteiger partial charge < -0.3 is 18.6 Å². The third-order valence-electron chi connectivity index (χ3n) is 8.88. The molecule has 0 aliphatic carbocycles. The zero-order valence-electron chi connectivity index (χ0n) is 25.8. The van der Waals surface area contributed by atoms with E-state index < -0.39 is 44.4 Å². The number of nitrogens with zero attached hydrogens (tertiary/aromatic N) is 3. The van der Waals surface area contributed by atoms with Gasteiger partial charge in [-0.05, 0) is 48.4 Å². The highest BCUT2D eigenvalue weighted by atomic mass is 32.2. The van der Waals surface area contributed by atoms with Crippen LogP contribution in [0.3, 0.4) is 0 Å². The first-order valence-electron chi connectivity index (χ1n) is 14.0. The molecule has 0 radical (unpaired) electrons. The van der Waals surface area contributed by atoms with E-state index in [0.717, 1.165) is 0 Å². The molecule has 0 spiro atoms. The van der Waals surface area contributed by atoms with Crippen LogP contribution in [0.25, 0.3) is 11.2 Å². The number of aromatic nitrogens is 4. The molecule has 1 saturated heterocycles. The van der Waals surface area contributed by atoms with Gasteiger partial charge in [-0.25, -0.2) is 18.4 Å². The summed E-state index contributed by atoms with van der Waals surface area (Å²) in [7, 11) is -8.47. The monoisotopic (exact) mass is 620 g/mol. The first-order valence-corrected chi connectivity index (χ1v) is 21.3. The van der Waals surface area contributed by atoms with Crippen molar-refractivity contribution in [1.29, 1.82) is 0 Å². The molecule has 10 nitrogen and oxygen atoms in total. The van der Waals surface area contributed by atoms with Crippen LogP contribution in [0.1, 0.15) is 54.2 Å². The van der Waals surface area contributed by atoms with Crippen LogP contribution >= 0.6 is 0 Å². The number of rotatable bonds is 8. The van der Waals surface area contributed by atoms with Crippen molar-refractivity contribution in [1.82, 2.24) is 19.5 Å². The molecule has 0 amide bonds. The molecule has 3 atom stereocenters. The summed E-state index contributed by atoms with van der Waals surface area (Å²) in [6.45, 7) is 22.1. The predicted octanol–water partition coefficient (Wildman–Crippen LogP) is 5.65. The van der Waals surface area contributed by atoms with E-state index in [1.54, 1.807) is 18.2 Å². The predicted molar refractivity (Wildman–Crippen MR) is 164 cm³/mol. The number of sulfone groups is 1. The molecule has 4 rings (SSSR count). The standard InChI is InChI=1S/C28H44N4O6SSi2/c1-27(2,3)40(7,8)36-17-21-20(38-41(9,10)28(4,5)6)16-22(37-21)32-24-23(25(33)30-18-29-24)31-26(32)39(34,35)19-14-12-11-13-15-19/h11-15,18,20-22H,16-17H2,1-10H3,(H,29,30,33)/t20-,21+,22+/m0/s1. The summed E-state index contributed by atoms with van der Waals surface area (Å²) in [4.78, 5) is 23.9. The zero-order chi connectivity index (χ0) is 30.6.